The average Bonchev–Trinajstić information content (AvgIpc) is 2.47. The molecular formula is C15H14ClNO3S. The van der Waals surface area contributed by atoms with E-state index >= 15 is 0 Å². The lowest BCUT2D eigenvalue weighted by atomic mass is 10.2. The van der Waals surface area contributed by atoms with Crippen molar-refractivity contribution in [1.29, 1.82) is 0 Å². The van der Waals surface area contributed by atoms with Crippen molar-refractivity contribution in [2.75, 3.05) is 0 Å². The number of hydrogen-bond donors (Lipinski definition) is 1. The van der Waals surface area contributed by atoms with Gasteiger partial charge < -0.3 is 0 Å². The first-order valence-corrected chi connectivity index (χ1v) is 8.10. The van der Waals surface area contributed by atoms with Crippen LogP contribution in [-0.2, 0) is 16.6 Å². The van der Waals surface area contributed by atoms with Gasteiger partial charge in [0.25, 0.3) is 0 Å². The summed E-state index contributed by atoms with van der Waals surface area (Å²) in [7, 11) is -3.61. The van der Waals surface area contributed by atoms with Crippen LogP contribution in [0.25, 0.3) is 0 Å². The van der Waals surface area contributed by atoms with Gasteiger partial charge in [0.1, 0.15) is 0 Å². The quantitative estimate of drug-likeness (QED) is 0.860. The summed E-state index contributed by atoms with van der Waals surface area (Å²) in [6.07, 6.45) is 0. The van der Waals surface area contributed by atoms with Crippen molar-refractivity contribution in [3.8, 4) is 0 Å². The van der Waals surface area contributed by atoms with Gasteiger partial charge in [-0.25, -0.2) is 13.1 Å². The topological polar surface area (TPSA) is 63.2 Å². The van der Waals surface area contributed by atoms with Crippen LogP contribution < -0.4 is 4.72 Å². The van der Waals surface area contributed by atoms with Crippen molar-refractivity contribution in [3.05, 3.63) is 64.7 Å². The van der Waals surface area contributed by atoms with Crippen LogP contribution >= 0.6 is 11.6 Å². The van der Waals surface area contributed by atoms with Gasteiger partial charge in [0.05, 0.1) is 4.90 Å². The third-order valence-electron chi connectivity index (χ3n) is 2.95. The highest BCUT2D eigenvalue weighted by atomic mass is 35.5. The molecule has 0 saturated carbocycles. The summed E-state index contributed by atoms with van der Waals surface area (Å²) in [5, 5.41) is 0.599. The maximum atomic E-state index is 12.1. The lowest BCUT2D eigenvalue weighted by molar-refractivity contribution is 0.101. The predicted molar refractivity (Wildman–Crippen MR) is 81.9 cm³/mol. The lowest BCUT2D eigenvalue weighted by Crippen LogP contribution is -2.23. The lowest BCUT2D eigenvalue weighted by Gasteiger charge is -2.07. The molecule has 0 spiro atoms. The molecule has 6 heteroatoms. The molecule has 2 aromatic carbocycles. The van der Waals surface area contributed by atoms with Gasteiger partial charge in [0.2, 0.25) is 10.0 Å². The highest BCUT2D eigenvalue weighted by molar-refractivity contribution is 7.89. The van der Waals surface area contributed by atoms with E-state index in [-0.39, 0.29) is 17.2 Å². The standard InChI is InChI=1S/C15H14ClNO3S/c1-11(18)13-4-8-15(9-5-13)21(19,20)17-10-12-2-6-14(16)7-3-12/h2-9,17H,10H2,1H3. The fourth-order valence-corrected chi connectivity index (χ4v) is 2.88. The Labute approximate surface area is 128 Å². The minimum atomic E-state index is -3.61. The van der Waals surface area contributed by atoms with Crippen LogP contribution in [0.1, 0.15) is 22.8 Å². The van der Waals surface area contributed by atoms with E-state index in [1.165, 1.54) is 31.2 Å². The molecule has 0 unspecified atom stereocenters. The van der Waals surface area contributed by atoms with Crippen LogP contribution in [0.2, 0.25) is 5.02 Å². The Morgan fingerprint density at radius 3 is 2.14 bits per heavy atom. The molecule has 0 aliphatic carbocycles. The molecule has 0 bridgehead atoms. The van der Waals surface area contributed by atoms with Crippen LogP contribution in [0.15, 0.2) is 53.4 Å². The highest BCUT2D eigenvalue weighted by Gasteiger charge is 2.13. The summed E-state index contributed by atoms with van der Waals surface area (Å²) in [5.41, 5.74) is 1.29. The minimum absolute atomic E-state index is 0.104. The highest BCUT2D eigenvalue weighted by Crippen LogP contribution is 2.13. The molecule has 21 heavy (non-hydrogen) atoms. The largest absolute Gasteiger partial charge is 0.295 e. The molecule has 0 atom stereocenters. The number of hydrogen-bond acceptors (Lipinski definition) is 3. The number of Topliss-reactive ketones (excluding diaryl/α,β-unsaturated/α-hetero) is 1. The monoisotopic (exact) mass is 323 g/mol. The van der Waals surface area contributed by atoms with Crippen LogP contribution in [0.3, 0.4) is 0 Å². The second-order valence-electron chi connectivity index (χ2n) is 4.53. The second-order valence-corrected chi connectivity index (χ2v) is 6.73. The Kier molecular flexibility index (Phi) is 4.77. The summed E-state index contributed by atoms with van der Waals surface area (Å²) >= 11 is 5.77. The third-order valence-corrected chi connectivity index (χ3v) is 4.62. The Bertz CT molecular complexity index is 737. The zero-order chi connectivity index (χ0) is 15.5. The van der Waals surface area contributed by atoms with Gasteiger partial charge in [0.15, 0.2) is 5.78 Å². The molecule has 0 aromatic heterocycles. The number of sulfonamides is 1. The summed E-state index contributed by atoms with van der Waals surface area (Å²) in [6.45, 7) is 1.61. The summed E-state index contributed by atoms with van der Waals surface area (Å²) < 4.78 is 26.8. The first kappa shape index (κ1) is 15.7. The Balaban J connectivity index is 2.11. The minimum Gasteiger partial charge on any atom is -0.295 e. The average molecular weight is 324 g/mol. The van der Waals surface area contributed by atoms with Gasteiger partial charge >= 0.3 is 0 Å². The molecule has 110 valence electrons. The summed E-state index contributed by atoms with van der Waals surface area (Å²) in [4.78, 5) is 11.3. The van der Waals surface area contributed by atoms with E-state index in [9.17, 15) is 13.2 Å². The van der Waals surface area contributed by atoms with E-state index < -0.39 is 10.0 Å². The molecule has 0 heterocycles. The number of rotatable bonds is 5. The summed E-state index contributed by atoms with van der Waals surface area (Å²) in [5.74, 6) is -0.104. The molecule has 0 fully saturated rings. The molecule has 0 amide bonds. The molecule has 1 N–H and O–H groups in total. The Morgan fingerprint density at radius 1 is 1.05 bits per heavy atom. The van der Waals surface area contributed by atoms with E-state index in [2.05, 4.69) is 4.72 Å². The fraction of sp³-hybridized carbons (Fsp3) is 0.133. The van der Waals surface area contributed by atoms with Gasteiger partial charge in [-0.3, -0.25) is 4.79 Å². The van der Waals surface area contributed by atoms with Gasteiger partial charge in [-0.15, -0.1) is 0 Å². The van der Waals surface area contributed by atoms with Gasteiger partial charge in [-0.05, 0) is 36.8 Å². The fourth-order valence-electron chi connectivity index (χ4n) is 1.73. The first-order valence-electron chi connectivity index (χ1n) is 6.23. The number of benzene rings is 2. The van der Waals surface area contributed by atoms with Crippen molar-refractivity contribution in [1.82, 2.24) is 4.72 Å². The van der Waals surface area contributed by atoms with Crippen molar-refractivity contribution in [2.24, 2.45) is 0 Å². The SMILES string of the molecule is CC(=O)c1ccc(S(=O)(=O)NCc2ccc(Cl)cc2)cc1. The second kappa shape index (κ2) is 6.39. The van der Waals surface area contributed by atoms with E-state index in [1.54, 1.807) is 24.3 Å². The zero-order valence-electron chi connectivity index (χ0n) is 11.3. The number of ketones is 1. The Morgan fingerprint density at radius 2 is 1.62 bits per heavy atom. The summed E-state index contributed by atoms with van der Waals surface area (Å²) in [6, 6.07) is 12.7. The maximum Gasteiger partial charge on any atom is 0.240 e. The normalized spacial score (nSPS) is 11.3. The first-order chi connectivity index (χ1) is 9.88. The van der Waals surface area contributed by atoms with Crippen LogP contribution in [-0.4, -0.2) is 14.2 Å². The van der Waals surface area contributed by atoms with Crippen molar-refractivity contribution in [2.45, 2.75) is 18.4 Å². The van der Waals surface area contributed by atoms with E-state index in [1.807, 2.05) is 0 Å². The third kappa shape index (κ3) is 4.14. The predicted octanol–water partition coefficient (Wildman–Crippen LogP) is 3.02. The zero-order valence-corrected chi connectivity index (χ0v) is 12.9. The van der Waals surface area contributed by atoms with Crippen molar-refractivity contribution in [3.63, 3.8) is 0 Å². The molecule has 4 nitrogen and oxygen atoms in total. The van der Waals surface area contributed by atoms with Gasteiger partial charge in [0, 0.05) is 17.1 Å². The molecule has 0 radical (unpaired) electrons. The van der Waals surface area contributed by atoms with Crippen molar-refractivity contribution < 1.29 is 13.2 Å². The molecule has 0 aliphatic rings. The van der Waals surface area contributed by atoms with Gasteiger partial charge in [-0.1, -0.05) is 35.9 Å². The van der Waals surface area contributed by atoms with Crippen LogP contribution in [0.5, 0.6) is 0 Å². The van der Waals surface area contributed by atoms with Crippen LogP contribution in [0, 0.1) is 0 Å². The molecule has 2 aromatic rings. The van der Waals surface area contributed by atoms with Crippen LogP contribution in [0.4, 0.5) is 0 Å². The van der Waals surface area contributed by atoms with Gasteiger partial charge in [-0.2, -0.15) is 0 Å². The number of nitrogens with one attached hydrogen (secondary N) is 1. The maximum absolute atomic E-state index is 12.1. The molecular weight excluding hydrogens is 310 g/mol. The molecule has 0 saturated heterocycles. The van der Waals surface area contributed by atoms with E-state index in [0.29, 0.717) is 10.6 Å². The number of carbonyl (C=O) groups excluding carboxylic acids is 1. The molecule has 0 aliphatic heterocycles. The molecule has 2 rings (SSSR count). The van der Waals surface area contributed by atoms with E-state index in [0.717, 1.165) is 5.56 Å². The van der Waals surface area contributed by atoms with E-state index in [4.69, 9.17) is 11.6 Å². The Hall–Kier alpha value is -1.69. The smallest absolute Gasteiger partial charge is 0.240 e. The number of halogens is 1. The number of carbonyl (C=O) groups is 1. The van der Waals surface area contributed by atoms with Crippen molar-refractivity contribution >= 4 is 27.4 Å².